The van der Waals surface area contributed by atoms with E-state index in [0.29, 0.717) is 19.5 Å². The van der Waals surface area contributed by atoms with Crippen LogP contribution in [0.5, 0.6) is 0 Å². The average molecular weight is 453 g/mol. The number of nitrogens with one attached hydrogen (secondary N) is 3. The zero-order chi connectivity index (χ0) is 23.7. The maximum atomic E-state index is 12.6. The lowest BCUT2D eigenvalue weighted by Gasteiger charge is -2.35. The van der Waals surface area contributed by atoms with Crippen LogP contribution in [0.4, 0.5) is 18.9 Å². The second-order valence-electron chi connectivity index (χ2n) is 7.44. The molecule has 0 radical (unpaired) electrons. The van der Waals surface area contributed by atoms with E-state index in [1.54, 1.807) is 25.2 Å². The van der Waals surface area contributed by atoms with Crippen molar-refractivity contribution in [3.05, 3.63) is 47.3 Å². The number of likely N-dealkylation sites (N-methyl/N-ethyl adjacent to an activating group) is 1. The van der Waals surface area contributed by atoms with Gasteiger partial charge in [-0.25, -0.2) is 0 Å². The second kappa shape index (κ2) is 11.6. The smallest absolute Gasteiger partial charge is 0.390 e. The molecule has 1 amide bonds. The van der Waals surface area contributed by atoms with Gasteiger partial charge in [-0.05, 0) is 24.7 Å². The van der Waals surface area contributed by atoms with Gasteiger partial charge in [0.25, 0.3) is 0 Å². The number of carbonyl (C=O) groups is 1. The minimum Gasteiger partial charge on any atom is -0.404 e. The normalized spacial score (nSPS) is 16.4. The molecule has 1 aromatic carbocycles. The Hall–Kier alpha value is -3.01. The van der Waals surface area contributed by atoms with Gasteiger partial charge < -0.3 is 21.3 Å². The van der Waals surface area contributed by atoms with Crippen LogP contribution in [-0.4, -0.2) is 63.1 Å². The van der Waals surface area contributed by atoms with E-state index in [2.05, 4.69) is 20.9 Å². The number of rotatable bonds is 9. The summed E-state index contributed by atoms with van der Waals surface area (Å²) in [5.74, 6) is -0.0743. The summed E-state index contributed by atoms with van der Waals surface area (Å²) in [5.41, 5.74) is 9.68. The first kappa shape index (κ1) is 25.3. The SMILES string of the molecule is CN=CC(=CN)c1ccc(NC(NC)C2=C(NCCC(F)(F)F)CCN(C(C)=O)C2)cc1. The first-order valence-electron chi connectivity index (χ1n) is 10.3. The van der Waals surface area contributed by atoms with Crippen molar-refractivity contribution in [2.45, 2.75) is 32.1 Å². The van der Waals surface area contributed by atoms with E-state index < -0.39 is 12.6 Å². The summed E-state index contributed by atoms with van der Waals surface area (Å²) in [6, 6.07) is 7.56. The van der Waals surface area contributed by atoms with E-state index in [1.165, 1.54) is 13.1 Å². The highest BCUT2D eigenvalue weighted by Gasteiger charge is 2.29. The van der Waals surface area contributed by atoms with Gasteiger partial charge in [0.15, 0.2) is 0 Å². The van der Waals surface area contributed by atoms with Gasteiger partial charge in [-0.15, -0.1) is 0 Å². The van der Waals surface area contributed by atoms with Crippen LogP contribution in [0.2, 0.25) is 0 Å². The fourth-order valence-corrected chi connectivity index (χ4v) is 3.49. The van der Waals surface area contributed by atoms with Crippen molar-refractivity contribution in [3.63, 3.8) is 0 Å². The molecule has 1 aliphatic rings. The highest BCUT2D eigenvalue weighted by molar-refractivity contribution is 6.09. The predicted molar refractivity (Wildman–Crippen MR) is 122 cm³/mol. The van der Waals surface area contributed by atoms with Gasteiger partial charge in [-0.1, -0.05) is 12.1 Å². The topological polar surface area (TPSA) is 94.8 Å². The molecule has 0 fully saturated rings. The summed E-state index contributed by atoms with van der Waals surface area (Å²) < 4.78 is 37.8. The van der Waals surface area contributed by atoms with Crippen LogP contribution < -0.4 is 21.7 Å². The Labute approximate surface area is 186 Å². The van der Waals surface area contributed by atoms with Crippen molar-refractivity contribution in [1.82, 2.24) is 15.5 Å². The van der Waals surface area contributed by atoms with Crippen LogP contribution in [-0.2, 0) is 4.79 Å². The van der Waals surface area contributed by atoms with E-state index in [0.717, 1.165) is 28.1 Å². The standard InChI is InChI=1S/C22H31F3N6O/c1-15(32)31-11-8-20(29-10-9-22(23,24)25)19(14-31)21(28-3)30-18-6-4-16(5-7-18)17(12-26)13-27-2/h4-7,12-13,21,28-30H,8-11,14,26H2,1-3H3. The van der Waals surface area contributed by atoms with Gasteiger partial charge in [0.2, 0.25) is 5.91 Å². The van der Waals surface area contributed by atoms with Crippen LogP contribution in [0, 0.1) is 0 Å². The zero-order valence-electron chi connectivity index (χ0n) is 18.6. The molecule has 0 spiro atoms. The van der Waals surface area contributed by atoms with Crippen LogP contribution in [0.15, 0.2) is 46.7 Å². The van der Waals surface area contributed by atoms with Crippen LogP contribution in [0.25, 0.3) is 5.57 Å². The molecule has 2 rings (SSSR count). The van der Waals surface area contributed by atoms with E-state index in [-0.39, 0.29) is 18.6 Å². The van der Waals surface area contributed by atoms with Crippen LogP contribution >= 0.6 is 0 Å². The molecule has 5 N–H and O–H groups in total. The largest absolute Gasteiger partial charge is 0.404 e. The summed E-state index contributed by atoms with van der Waals surface area (Å²) in [6.45, 7) is 2.07. The quantitative estimate of drug-likeness (QED) is 0.341. The molecule has 0 saturated carbocycles. The highest BCUT2D eigenvalue weighted by Crippen LogP contribution is 2.23. The van der Waals surface area contributed by atoms with Crippen molar-refractivity contribution >= 4 is 23.4 Å². The molecule has 176 valence electrons. The minimum absolute atomic E-state index is 0.0743. The van der Waals surface area contributed by atoms with E-state index in [9.17, 15) is 18.0 Å². The molecule has 10 heteroatoms. The third-order valence-electron chi connectivity index (χ3n) is 5.19. The summed E-state index contributed by atoms with van der Waals surface area (Å²) in [6.07, 6.45) is -1.91. The monoisotopic (exact) mass is 452 g/mol. The number of aliphatic imine (C=N–C) groups is 1. The molecule has 1 unspecified atom stereocenters. The Morgan fingerprint density at radius 1 is 1.31 bits per heavy atom. The molecule has 7 nitrogen and oxygen atoms in total. The summed E-state index contributed by atoms with van der Waals surface area (Å²) in [4.78, 5) is 17.6. The van der Waals surface area contributed by atoms with Crippen molar-refractivity contribution in [2.24, 2.45) is 10.7 Å². The van der Waals surface area contributed by atoms with Gasteiger partial charge >= 0.3 is 6.18 Å². The molecule has 0 saturated heterocycles. The third kappa shape index (κ3) is 7.30. The van der Waals surface area contributed by atoms with Gasteiger partial charge in [-0.3, -0.25) is 15.1 Å². The number of anilines is 1. The molecular formula is C22H31F3N6O. The maximum absolute atomic E-state index is 12.6. The van der Waals surface area contributed by atoms with Crippen LogP contribution in [0.1, 0.15) is 25.3 Å². The molecule has 1 aromatic rings. The molecule has 0 aromatic heterocycles. The van der Waals surface area contributed by atoms with E-state index >= 15 is 0 Å². The Morgan fingerprint density at radius 2 is 2.00 bits per heavy atom. The number of hydrogen-bond acceptors (Lipinski definition) is 6. The molecule has 1 aliphatic heterocycles. The van der Waals surface area contributed by atoms with Gasteiger partial charge in [0.05, 0.1) is 6.42 Å². The summed E-state index contributed by atoms with van der Waals surface area (Å²) >= 11 is 0. The molecule has 0 bridgehead atoms. The van der Waals surface area contributed by atoms with Crippen molar-refractivity contribution in [2.75, 3.05) is 39.0 Å². The van der Waals surface area contributed by atoms with Gasteiger partial charge in [0.1, 0.15) is 6.17 Å². The molecule has 1 atom stereocenters. The highest BCUT2D eigenvalue weighted by atomic mass is 19.4. The van der Waals surface area contributed by atoms with Crippen molar-refractivity contribution in [1.29, 1.82) is 0 Å². The van der Waals surface area contributed by atoms with Crippen molar-refractivity contribution in [3.8, 4) is 0 Å². The zero-order valence-corrected chi connectivity index (χ0v) is 18.6. The van der Waals surface area contributed by atoms with E-state index in [4.69, 9.17) is 5.73 Å². The number of hydrogen-bond donors (Lipinski definition) is 4. The third-order valence-corrected chi connectivity index (χ3v) is 5.19. The van der Waals surface area contributed by atoms with Gasteiger partial charge in [0, 0.05) is 75.0 Å². The van der Waals surface area contributed by atoms with Gasteiger partial charge in [-0.2, -0.15) is 13.2 Å². The molecule has 0 aliphatic carbocycles. The fraction of sp³-hybridized carbons (Fsp3) is 0.455. The number of amides is 1. The average Bonchev–Trinajstić information content (AvgIpc) is 2.75. The van der Waals surface area contributed by atoms with E-state index in [1.807, 2.05) is 24.3 Å². The predicted octanol–water partition coefficient (Wildman–Crippen LogP) is 2.69. The molecule has 1 heterocycles. The number of allylic oxidation sites excluding steroid dienone is 1. The summed E-state index contributed by atoms with van der Waals surface area (Å²) in [5, 5.41) is 9.46. The first-order chi connectivity index (χ1) is 15.2. The lowest BCUT2D eigenvalue weighted by atomic mass is 10.0. The Kier molecular flexibility index (Phi) is 9.13. The Bertz CT molecular complexity index is 861. The number of nitrogens with two attached hydrogens (primary N) is 1. The van der Waals surface area contributed by atoms with Crippen LogP contribution in [0.3, 0.4) is 0 Å². The Balaban J connectivity index is 2.23. The first-order valence-corrected chi connectivity index (χ1v) is 10.3. The Morgan fingerprint density at radius 3 is 2.53 bits per heavy atom. The maximum Gasteiger partial charge on any atom is 0.390 e. The second-order valence-corrected chi connectivity index (χ2v) is 7.44. The number of carbonyl (C=O) groups excluding carboxylic acids is 1. The number of nitrogens with zero attached hydrogens (tertiary/aromatic N) is 2. The fourth-order valence-electron chi connectivity index (χ4n) is 3.49. The number of alkyl halides is 3. The minimum atomic E-state index is -4.23. The van der Waals surface area contributed by atoms with Crippen molar-refractivity contribution < 1.29 is 18.0 Å². The number of benzene rings is 1. The summed E-state index contributed by atoms with van der Waals surface area (Å²) in [7, 11) is 3.42. The lowest BCUT2D eigenvalue weighted by Crippen LogP contribution is -2.46. The lowest BCUT2D eigenvalue weighted by molar-refractivity contribution is -0.133. The molecular weight excluding hydrogens is 421 g/mol. The molecule has 32 heavy (non-hydrogen) atoms. The number of halogens is 3.